The third-order valence-electron chi connectivity index (χ3n) is 6.08. The first kappa shape index (κ1) is 19.4. The smallest absolute Gasteiger partial charge is 0.0726 e. The minimum atomic E-state index is 0.277. The molecule has 0 amide bonds. The lowest BCUT2D eigenvalue weighted by atomic mass is 10.0. The van der Waals surface area contributed by atoms with E-state index in [9.17, 15) is 0 Å². The lowest BCUT2D eigenvalue weighted by Crippen LogP contribution is -2.46. The quantitative estimate of drug-likeness (QED) is 0.762. The average Bonchev–Trinajstić information content (AvgIpc) is 2.94. The van der Waals surface area contributed by atoms with Crippen LogP contribution in [0.2, 0.25) is 0 Å². The van der Waals surface area contributed by atoms with Crippen molar-refractivity contribution >= 4 is 5.69 Å². The Morgan fingerprint density at radius 1 is 0.964 bits per heavy atom. The number of pyridine rings is 1. The van der Waals surface area contributed by atoms with Gasteiger partial charge in [0.25, 0.3) is 0 Å². The molecule has 4 heteroatoms. The van der Waals surface area contributed by atoms with Gasteiger partial charge in [0, 0.05) is 43.8 Å². The fourth-order valence-corrected chi connectivity index (χ4v) is 4.87. The van der Waals surface area contributed by atoms with E-state index in [1.807, 2.05) is 12.4 Å². The van der Waals surface area contributed by atoms with Crippen molar-refractivity contribution in [2.45, 2.75) is 64.3 Å². The van der Waals surface area contributed by atoms with Gasteiger partial charge in [-0.25, -0.2) is 0 Å². The fourth-order valence-electron chi connectivity index (χ4n) is 4.87. The van der Waals surface area contributed by atoms with Crippen LogP contribution in [0.15, 0.2) is 48.8 Å². The third-order valence-corrected chi connectivity index (χ3v) is 6.08. The van der Waals surface area contributed by atoms with Gasteiger partial charge in [-0.3, -0.25) is 9.88 Å². The van der Waals surface area contributed by atoms with Crippen LogP contribution in [0.4, 0.5) is 5.69 Å². The molecule has 3 atom stereocenters. The standard InChI is InChI=1S/C24H33N3O/c1-19-16-27(17-20(2)28-19)24-10-6-5-8-22(24)18-26-15-7-3-4-9-23(26)21-11-13-25-14-12-21/h5-6,8,10-14,19-20,23H,3-4,7,9,15-18H2,1-2H3/t19-,20-,23-/m1/s1. The van der Waals surface area contributed by atoms with E-state index < -0.39 is 0 Å². The molecular formula is C24H33N3O. The van der Waals surface area contributed by atoms with Crippen LogP contribution >= 0.6 is 0 Å². The van der Waals surface area contributed by atoms with Gasteiger partial charge < -0.3 is 9.64 Å². The summed E-state index contributed by atoms with van der Waals surface area (Å²) in [7, 11) is 0. The number of para-hydroxylation sites is 1. The molecule has 2 aliphatic heterocycles. The van der Waals surface area contributed by atoms with E-state index in [4.69, 9.17) is 4.74 Å². The van der Waals surface area contributed by atoms with Crippen LogP contribution < -0.4 is 4.90 Å². The second-order valence-electron chi connectivity index (χ2n) is 8.41. The highest BCUT2D eigenvalue weighted by atomic mass is 16.5. The SMILES string of the molecule is C[C@@H]1CN(c2ccccc2CN2CCCCC[C@@H]2c2ccncc2)C[C@@H](C)O1. The van der Waals surface area contributed by atoms with Crippen molar-refractivity contribution in [2.75, 3.05) is 24.5 Å². The molecule has 2 saturated heterocycles. The maximum absolute atomic E-state index is 5.96. The lowest BCUT2D eigenvalue weighted by molar-refractivity contribution is -0.00530. The zero-order valence-corrected chi connectivity index (χ0v) is 17.3. The highest BCUT2D eigenvalue weighted by molar-refractivity contribution is 5.54. The molecule has 28 heavy (non-hydrogen) atoms. The van der Waals surface area contributed by atoms with Crippen molar-refractivity contribution in [3.05, 3.63) is 59.9 Å². The van der Waals surface area contributed by atoms with Crippen molar-refractivity contribution in [3.63, 3.8) is 0 Å². The Morgan fingerprint density at radius 2 is 1.71 bits per heavy atom. The van der Waals surface area contributed by atoms with Gasteiger partial charge in [0.2, 0.25) is 0 Å². The second-order valence-corrected chi connectivity index (χ2v) is 8.41. The summed E-state index contributed by atoms with van der Waals surface area (Å²) in [5.41, 5.74) is 4.22. The highest BCUT2D eigenvalue weighted by Gasteiger charge is 2.26. The molecule has 0 aliphatic carbocycles. The number of anilines is 1. The van der Waals surface area contributed by atoms with E-state index in [1.54, 1.807) is 0 Å². The number of nitrogens with zero attached hydrogens (tertiary/aromatic N) is 3. The van der Waals surface area contributed by atoms with Crippen LogP contribution in [0, 0.1) is 0 Å². The van der Waals surface area contributed by atoms with E-state index in [-0.39, 0.29) is 12.2 Å². The van der Waals surface area contributed by atoms with Crippen LogP contribution in [0.1, 0.15) is 56.7 Å². The molecule has 4 rings (SSSR count). The predicted molar refractivity (Wildman–Crippen MR) is 115 cm³/mol. The number of rotatable bonds is 4. The van der Waals surface area contributed by atoms with Crippen molar-refractivity contribution in [2.24, 2.45) is 0 Å². The Bertz CT molecular complexity index is 741. The number of hydrogen-bond donors (Lipinski definition) is 0. The molecule has 0 saturated carbocycles. The molecule has 2 fully saturated rings. The number of benzene rings is 1. The maximum Gasteiger partial charge on any atom is 0.0726 e. The molecule has 0 bridgehead atoms. The molecule has 0 unspecified atom stereocenters. The summed E-state index contributed by atoms with van der Waals surface area (Å²) in [4.78, 5) is 9.44. The number of morpholine rings is 1. The number of likely N-dealkylation sites (tertiary alicyclic amines) is 1. The molecule has 3 heterocycles. The monoisotopic (exact) mass is 379 g/mol. The summed E-state index contributed by atoms with van der Waals surface area (Å²) >= 11 is 0. The Labute approximate surface area is 169 Å². The first-order chi connectivity index (χ1) is 13.7. The molecule has 0 spiro atoms. The summed E-state index contributed by atoms with van der Waals surface area (Å²) in [6.45, 7) is 8.46. The van der Waals surface area contributed by atoms with Crippen LogP contribution in [-0.4, -0.2) is 41.7 Å². The summed E-state index contributed by atoms with van der Waals surface area (Å²) in [5, 5.41) is 0. The van der Waals surface area contributed by atoms with Gasteiger partial charge in [-0.05, 0) is 62.6 Å². The summed E-state index contributed by atoms with van der Waals surface area (Å²) in [6, 6.07) is 13.8. The van der Waals surface area contributed by atoms with Crippen molar-refractivity contribution in [3.8, 4) is 0 Å². The van der Waals surface area contributed by atoms with E-state index in [2.05, 4.69) is 65.0 Å². The Balaban J connectivity index is 1.58. The predicted octanol–water partition coefficient (Wildman–Crippen LogP) is 4.81. The van der Waals surface area contributed by atoms with Crippen molar-refractivity contribution < 1.29 is 4.74 Å². The number of hydrogen-bond acceptors (Lipinski definition) is 4. The van der Waals surface area contributed by atoms with Gasteiger partial charge in [0.1, 0.15) is 0 Å². The maximum atomic E-state index is 5.96. The largest absolute Gasteiger partial charge is 0.372 e. The third kappa shape index (κ3) is 4.56. The van der Waals surface area contributed by atoms with Crippen molar-refractivity contribution in [1.29, 1.82) is 0 Å². The van der Waals surface area contributed by atoms with Gasteiger partial charge >= 0.3 is 0 Å². The van der Waals surface area contributed by atoms with Crippen LogP contribution in [-0.2, 0) is 11.3 Å². The molecule has 1 aromatic carbocycles. The van der Waals surface area contributed by atoms with E-state index >= 15 is 0 Å². The summed E-state index contributed by atoms with van der Waals surface area (Å²) in [6.07, 6.45) is 9.58. The van der Waals surface area contributed by atoms with Gasteiger partial charge in [-0.2, -0.15) is 0 Å². The molecule has 2 aromatic rings. The van der Waals surface area contributed by atoms with Crippen molar-refractivity contribution in [1.82, 2.24) is 9.88 Å². The van der Waals surface area contributed by atoms with E-state index in [1.165, 1.54) is 42.5 Å². The number of aromatic nitrogens is 1. The number of ether oxygens (including phenoxy) is 1. The lowest BCUT2D eigenvalue weighted by Gasteiger charge is -2.39. The van der Waals surface area contributed by atoms with Gasteiger partial charge in [0.15, 0.2) is 0 Å². The Kier molecular flexibility index (Phi) is 6.28. The highest BCUT2D eigenvalue weighted by Crippen LogP contribution is 2.33. The van der Waals surface area contributed by atoms with Crippen LogP contribution in [0.25, 0.3) is 0 Å². The van der Waals surface area contributed by atoms with Crippen LogP contribution in [0.5, 0.6) is 0 Å². The normalized spacial score (nSPS) is 26.8. The first-order valence-corrected chi connectivity index (χ1v) is 10.8. The average molecular weight is 380 g/mol. The van der Waals surface area contributed by atoms with E-state index in [0.29, 0.717) is 6.04 Å². The molecule has 0 N–H and O–H groups in total. The Morgan fingerprint density at radius 3 is 2.50 bits per heavy atom. The molecule has 0 radical (unpaired) electrons. The summed E-state index contributed by atoms with van der Waals surface area (Å²) in [5.74, 6) is 0. The van der Waals surface area contributed by atoms with Gasteiger partial charge in [0.05, 0.1) is 12.2 Å². The summed E-state index contributed by atoms with van der Waals surface area (Å²) < 4.78 is 5.96. The fraction of sp³-hybridized carbons (Fsp3) is 0.542. The first-order valence-electron chi connectivity index (χ1n) is 10.8. The zero-order valence-electron chi connectivity index (χ0n) is 17.3. The zero-order chi connectivity index (χ0) is 19.3. The molecule has 2 aliphatic rings. The molecular weight excluding hydrogens is 346 g/mol. The Hall–Kier alpha value is -1.91. The topological polar surface area (TPSA) is 28.6 Å². The molecule has 4 nitrogen and oxygen atoms in total. The minimum absolute atomic E-state index is 0.277. The second kappa shape index (κ2) is 9.06. The van der Waals surface area contributed by atoms with Gasteiger partial charge in [-0.15, -0.1) is 0 Å². The minimum Gasteiger partial charge on any atom is -0.372 e. The molecule has 150 valence electrons. The molecule has 1 aromatic heterocycles. The van der Waals surface area contributed by atoms with E-state index in [0.717, 1.165) is 26.2 Å². The van der Waals surface area contributed by atoms with Gasteiger partial charge in [-0.1, -0.05) is 31.0 Å². The van der Waals surface area contributed by atoms with Crippen LogP contribution in [0.3, 0.4) is 0 Å².